The number of thiocarbonyl (C=S) groups is 1. The molecule has 0 radical (unpaired) electrons. The van der Waals surface area contributed by atoms with Crippen LogP contribution in [0.1, 0.15) is 23.6 Å². The van der Waals surface area contributed by atoms with Crippen molar-refractivity contribution >= 4 is 45.5 Å². The molecule has 0 saturated carbocycles. The zero-order valence-electron chi connectivity index (χ0n) is 19.2. The highest BCUT2D eigenvalue weighted by molar-refractivity contribution is 7.80. The van der Waals surface area contributed by atoms with Gasteiger partial charge in [0.15, 0.2) is 5.11 Å². The van der Waals surface area contributed by atoms with E-state index in [2.05, 4.69) is 10.3 Å². The Morgan fingerprint density at radius 2 is 1.86 bits per heavy atom. The van der Waals surface area contributed by atoms with Gasteiger partial charge in [0.05, 0.1) is 24.4 Å². The number of halogens is 1. The van der Waals surface area contributed by atoms with Gasteiger partial charge in [0.25, 0.3) is 5.56 Å². The van der Waals surface area contributed by atoms with Crippen molar-refractivity contribution in [1.82, 2.24) is 15.3 Å². The van der Waals surface area contributed by atoms with Crippen molar-refractivity contribution in [2.24, 2.45) is 5.10 Å². The van der Waals surface area contributed by atoms with Gasteiger partial charge >= 0.3 is 0 Å². The van der Waals surface area contributed by atoms with Gasteiger partial charge in [0.2, 0.25) is 0 Å². The average molecular weight is 503 g/mol. The van der Waals surface area contributed by atoms with E-state index in [-0.39, 0.29) is 11.6 Å². The molecule has 0 amide bonds. The smallest absolute Gasteiger partial charge is 0.258 e. The van der Waals surface area contributed by atoms with E-state index in [9.17, 15) is 4.79 Å². The molecule has 1 aliphatic rings. The molecule has 0 unspecified atom stereocenters. The minimum absolute atomic E-state index is 0.214. The summed E-state index contributed by atoms with van der Waals surface area (Å²) < 4.78 is 5.62. The van der Waals surface area contributed by atoms with Gasteiger partial charge in [-0.25, -0.2) is 5.01 Å². The number of aromatic nitrogens is 1. The lowest BCUT2D eigenvalue weighted by molar-refractivity contribution is 0.344. The molecular weight excluding hydrogens is 480 g/mol. The lowest BCUT2D eigenvalue weighted by Crippen LogP contribution is -2.34. The highest BCUT2D eigenvalue weighted by Gasteiger charge is 2.35. The maximum atomic E-state index is 13.6. The number of hydrogen-bond donors (Lipinski definition) is 2. The quantitative estimate of drug-likeness (QED) is 0.360. The number of ether oxygens (including phenoxy) is 1. The number of pyridine rings is 1. The summed E-state index contributed by atoms with van der Waals surface area (Å²) in [6.45, 7) is 0. The minimum Gasteiger partial charge on any atom is -0.496 e. The van der Waals surface area contributed by atoms with E-state index in [4.69, 9.17) is 33.7 Å². The highest BCUT2D eigenvalue weighted by atomic mass is 35.5. The third kappa shape index (κ3) is 4.17. The van der Waals surface area contributed by atoms with Crippen molar-refractivity contribution in [3.8, 4) is 16.9 Å². The van der Waals surface area contributed by atoms with Crippen LogP contribution in [0.15, 0.2) is 82.7 Å². The second-order valence-electron chi connectivity index (χ2n) is 8.17. The van der Waals surface area contributed by atoms with E-state index in [1.165, 1.54) is 0 Å². The maximum absolute atomic E-state index is 13.6. The normalized spacial score (nSPS) is 15.2. The van der Waals surface area contributed by atoms with Crippen LogP contribution in [0.25, 0.3) is 22.0 Å². The number of fused-ring (bicyclic) bond motifs is 1. The number of hydrogen-bond acceptors (Lipinski definition) is 4. The zero-order valence-corrected chi connectivity index (χ0v) is 20.8. The first-order valence-corrected chi connectivity index (χ1v) is 11.9. The number of benzene rings is 3. The van der Waals surface area contributed by atoms with E-state index in [1.807, 2.05) is 66.7 Å². The fourth-order valence-corrected chi connectivity index (χ4v) is 4.93. The van der Waals surface area contributed by atoms with Crippen LogP contribution in [0.5, 0.6) is 5.75 Å². The van der Waals surface area contributed by atoms with E-state index in [0.717, 1.165) is 27.8 Å². The van der Waals surface area contributed by atoms with Crippen LogP contribution in [0.2, 0.25) is 5.02 Å². The molecule has 2 heterocycles. The molecule has 0 bridgehead atoms. The number of hydrazone groups is 1. The van der Waals surface area contributed by atoms with Crippen molar-refractivity contribution in [2.45, 2.75) is 12.5 Å². The number of methoxy groups -OCH3 is 1. The Morgan fingerprint density at radius 3 is 2.60 bits per heavy atom. The minimum atomic E-state index is -0.237. The van der Waals surface area contributed by atoms with Gasteiger partial charge < -0.3 is 15.0 Å². The highest BCUT2D eigenvalue weighted by Crippen LogP contribution is 2.39. The molecule has 1 aliphatic heterocycles. The average Bonchev–Trinajstić information content (AvgIpc) is 3.33. The van der Waals surface area contributed by atoms with Crippen molar-refractivity contribution < 1.29 is 4.74 Å². The van der Waals surface area contributed by atoms with Crippen LogP contribution >= 0.6 is 23.8 Å². The molecule has 8 heteroatoms. The molecular formula is C27H23ClN4O2S. The summed E-state index contributed by atoms with van der Waals surface area (Å²) >= 11 is 12.0. The van der Waals surface area contributed by atoms with Gasteiger partial charge in [0, 0.05) is 40.5 Å². The Morgan fingerprint density at radius 1 is 1.11 bits per heavy atom. The van der Waals surface area contributed by atoms with Crippen molar-refractivity contribution in [2.75, 3.05) is 14.2 Å². The van der Waals surface area contributed by atoms with Crippen LogP contribution < -0.4 is 15.6 Å². The van der Waals surface area contributed by atoms with Crippen LogP contribution in [0.3, 0.4) is 0 Å². The Hall–Kier alpha value is -3.68. The molecule has 0 saturated heterocycles. The van der Waals surface area contributed by atoms with Crippen molar-refractivity contribution in [3.05, 3.63) is 99.3 Å². The van der Waals surface area contributed by atoms with Crippen LogP contribution in [-0.2, 0) is 0 Å². The Labute approximate surface area is 213 Å². The number of rotatable bonds is 4. The molecule has 176 valence electrons. The molecule has 4 aromatic rings. The fourth-order valence-electron chi connectivity index (χ4n) is 4.59. The molecule has 5 rings (SSSR count). The van der Waals surface area contributed by atoms with Gasteiger partial charge in [-0.15, -0.1) is 0 Å². The Kier molecular flexibility index (Phi) is 6.28. The largest absolute Gasteiger partial charge is 0.496 e. The molecule has 0 aliphatic carbocycles. The molecule has 1 atom stereocenters. The van der Waals surface area contributed by atoms with Crippen LogP contribution in [-0.4, -0.2) is 35.0 Å². The number of para-hydroxylation sites is 1. The van der Waals surface area contributed by atoms with E-state index in [1.54, 1.807) is 25.2 Å². The summed E-state index contributed by atoms with van der Waals surface area (Å²) in [6, 6.07) is 22.8. The maximum Gasteiger partial charge on any atom is 0.258 e. The number of H-pyrrole nitrogens is 1. The summed E-state index contributed by atoms with van der Waals surface area (Å²) in [5.74, 6) is 0.736. The predicted octanol–water partition coefficient (Wildman–Crippen LogP) is 5.51. The standard InChI is InChI=1S/C27H23ClN4O2S/c1-29-27(35)32-22(18-10-6-7-11-23(18)34-2)15-21(31-32)25-24(16-8-4-3-5-9-16)19-14-17(28)12-13-20(19)30-26(25)33/h3-14,22H,15H2,1-2H3,(H,29,35)(H,30,33)/t22-/m0/s1. The van der Waals surface area contributed by atoms with E-state index < -0.39 is 0 Å². The van der Waals surface area contributed by atoms with Gasteiger partial charge in [-0.2, -0.15) is 5.10 Å². The Bertz CT molecular complexity index is 1520. The number of aromatic amines is 1. The third-order valence-electron chi connectivity index (χ3n) is 6.16. The third-order valence-corrected chi connectivity index (χ3v) is 6.78. The molecule has 0 spiro atoms. The summed E-state index contributed by atoms with van der Waals surface area (Å²) in [6.07, 6.45) is 0.469. The second-order valence-corrected chi connectivity index (χ2v) is 8.99. The number of nitrogens with one attached hydrogen (secondary N) is 2. The van der Waals surface area contributed by atoms with Gasteiger partial charge in [-0.05, 0) is 42.0 Å². The molecule has 6 nitrogen and oxygen atoms in total. The van der Waals surface area contributed by atoms with Crippen LogP contribution in [0.4, 0.5) is 0 Å². The first-order valence-electron chi connectivity index (χ1n) is 11.1. The first-order chi connectivity index (χ1) is 17.0. The van der Waals surface area contributed by atoms with E-state index >= 15 is 0 Å². The van der Waals surface area contributed by atoms with Gasteiger partial charge in [-0.1, -0.05) is 60.1 Å². The summed E-state index contributed by atoms with van der Waals surface area (Å²) in [5, 5.41) is 11.5. The summed E-state index contributed by atoms with van der Waals surface area (Å²) in [7, 11) is 3.40. The van der Waals surface area contributed by atoms with Gasteiger partial charge in [-0.3, -0.25) is 4.79 Å². The SMILES string of the molecule is CNC(=S)N1N=C(c2c(-c3ccccc3)c3cc(Cl)ccc3[nH]c2=O)C[C@H]1c1ccccc1OC. The van der Waals surface area contributed by atoms with Gasteiger partial charge in [0.1, 0.15) is 5.75 Å². The second kappa shape index (κ2) is 9.52. The van der Waals surface area contributed by atoms with E-state index in [0.29, 0.717) is 33.3 Å². The zero-order chi connectivity index (χ0) is 24.5. The lowest BCUT2D eigenvalue weighted by atomic mass is 9.91. The van der Waals surface area contributed by atoms with Crippen molar-refractivity contribution in [1.29, 1.82) is 0 Å². The lowest BCUT2D eigenvalue weighted by Gasteiger charge is -2.25. The number of nitrogens with zero attached hydrogens (tertiary/aromatic N) is 2. The molecule has 0 fully saturated rings. The fraction of sp³-hybridized carbons (Fsp3) is 0.148. The predicted molar refractivity (Wildman–Crippen MR) is 145 cm³/mol. The molecule has 35 heavy (non-hydrogen) atoms. The summed E-state index contributed by atoms with van der Waals surface area (Å²) in [5.41, 5.74) is 4.28. The van der Waals surface area contributed by atoms with Crippen LogP contribution in [0, 0.1) is 0 Å². The molecule has 2 N–H and O–H groups in total. The van der Waals surface area contributed by atoms with Crippen molar-refractivity contribution in [3.63, 3.8) is 0 Å². The Balaban J connectivity index is 1.75. The molecule has 3 aromatic carbocycles. The molecule has 1 aromatic heterocycles. The topological polar surface area (TPSA) is 69.7 Å². The first kappa shape index (κ1) is 23.1. The monoisotopic (exact) mass is 502 g/mol. The summed E-state index contributed by atoms with van der Waals surface area (Å²) in [4.78, 5) is 16.6.